The van der Waals surface area contributed by atoms with Gasteiger partial charge in [0.2, 0.25) is 0 Å². The zero-order valence-electron chi connectivity index (χ0n) is 11.6. The maximum atomic E-state index is 12.7. The lowest BCUT2D eigenvalue weighted by atomic mass is 9.98. The van der Waals surface area contributed by atoms with Crippen LogP contribution in [0.2, 0.25) is 0 Å². The number of hydrogen-bond acceptors (Lipinski definition) is 3. The molecule has 0 spiro atoms. The molecule has 1 unspecified atom stereocenters. The number of fused-ring (bicyclic) bond motifs is 1. The van der Waals surface area contributed by atoms with Crippen LogP contribution in [0.5, 0.6) is 0 Å². The Labute approximate surface area is 126 Å². The summed E-state index contributed by atoms with van der Waals surface area (Å²) in [7, 11) is 0. The van der Waals surface area contributed by atoms with E-state index in [1.807, 2.05) is 30.5 Å². The lowest BCUT2D eigenvalue weighted by molar-refractivity contribution is -0.142. The van der Waals surface area contributed by atoms with Gasteiger partial charge in [-0.25, -0.2) is 4.79 Å². The quantitative estimate of drug-likeness (QED) is 0.928. The van der Waals surface area contributed by atoms with Gasteiger partial charge in [-0.15, -0.1) is 11.3 Å². The van der Waals surface area contributed by atoms with E-state index in [4.69, 9.17) is 0 Å². The third kappa shape index (κ3) is 2.34. The Morgan fingerprint density at radius 2 is 2.05 bits per heavy atom. The molecule has 1 aromatic carbocycles. The third-order valence-corrected chi connectivity index (χ3v) is 4.83. The molecule has 0 saturated heterocycles. The molecule has 1 N–H and O–H groups in total. The van der Waals surface area contributed by atoms with Crippen LogP contribution < -0.4 is 0 Å². The molecular weight excluding hydrogens is 286 g/mol. The molecular formula is C16H15NO3S. The van der Waals surface area contributed by atoms with Crippen molar-refractivity contribution >= 4 is 23.2 Å². The monoisotopic (exact) mass is 301 g/mol. The van der Waals surface area contributed by atoms with Crippen molar-refractivity contribution < 1.29 is 14.7 Å². The van der Waals surface area contributed by atoms with Crippen LogP contribution in [-0.4, -0.2) is 28.4 Å². The summed E-state index contributed by atoms with van der Waals surface area (Å²) in [6.45, 7) is 2.31. The van der Waals surface area contributed by atoms with Gasteiger partial charge in [-0.05, 0) is 42.0 Å². The fourth-order valence-electron chi connectivity index (χ4n) is 2.77. The highest BCUT2D eigenvalue weighted by atomic mass is 32.1. The van der Waals surface area contributed by atoms with Gasteiger partial charge in [0.25, 0.3) is 5.91 Å². The van der Waals surface area contributed by atoms with Crippen molar-refractivity contribution in [1.29, 1.82) is 0 Å². The third-order valence-electron chi connectivity index (χ3n) is 3.84. The second-order valence-electron chi connectivity index (χ2n) is 5.10. The molecule has 0 bridgehead atoms. The van der Waals surface area contributed by atoms with Crippen LogP contribution in [0, 0.1) is 6.92 Å². The van der Waals surface area contributed by atoms with Crippen LogP contribution in [0.15, 0.2) is 35.7 Å². The average molecular weight is 301 g/mol. The van der Waals surface area contributed by atoms with Gasteiger partial charge in [0.05, 0.1) is 0 Å². The number of thiophene rings is 1. The first-order valence-electron chi connectivity index (χ1n) is 6.75. The molecule has 1 aromatic heterocycles. The van der Waals surface area contributed by atoms with Crippen molar-refractivity contribution in [1.82, 2.24) is 4.90 Å². The summed E-state index contributed by atoms with van der Waals surface area (Å²) >= 11 is 1.56. The maximum Gasteiger partial charge on any atom is 0.331 e. The first-order valence-corrected chi connectivity index (χ1v) is 7.63. The second-order valence-corrected chi connectivity index (χ2v) is 6.10. The van der Waals surface area contributed by atoms with Crippen LogP contribution in [0.25, 0.3) is 0 Å². The maximum absolute atomic E-state index is 12.7. The summed E-state index contributed by atoms with van der Waals surface area (Å²) in [4.78, 5) is 26.9. The van der Waals surface area contributed by atoms with E-state index in [1.165, 1.54) is 4.90 Å². The molecule has 4 nitrogen and oxygen atoms in total. The molecule has 2 heterocycles. The lowest BCUT2D eigenvalue weighted by Gasteiger charge is -2.33. The standard InChI is InChI=1S/C16H15NO3S/c1-10-4-2-3-5-11(10)15(18)17-8-6-13-12(7-9-21-13)14(17)16(19)20/h2-5,7,9,14H,6,8H2,1H3,(H,19,20). The topological polar surface area (TPSA) is 57.6 Å². The number of amides is 1. The van der Waals surface area contributed by atoms with Crippen LogP contribution in [0.1, 0.15) is 32.4 Å². The number of rotatable bonds is 2. The summed E-state index contributed by atoms with van der Waals surface area (Å²) in [6.07, 6.45) is 0.717. The molecule has 2 aromatic rings. The fourth-order valence-corrected chi connectivity index (χ4v) is 3.67. The van der Waals surface area contributed by atoms with Crippen molar-refractivity contribution in [2.45, 2.75) is 19.4 Å². The summed E-state index contributed by atoms with van der Waals surface area (Å²) in [5.74, 6) is -1.19. The van der Waals surface area contributed by atoms with E-state index in [0.29, 0.717) is 18.5 Å². The van der Waals surface area contributed by atoms with Gasteiger partial charge in [-0.3, -0.25) is 4.79 Å². The Hall–Kier alpha value is -2.14. The SMILES string of the molecule is Cc1ccccc1C(=O)N1CCc2sccc2C1C(=O)O. The van der Waals surface area contributed by atoms with Gasteiger partial charge in [0.15, 0.2) is 6.04 Å². The first-order chi connectivity index (χ1) is 10.1. The number of aliphatic carboxylic acids is 1. The lowest BCUT2D eigenvalue weighted by Crippen LogP contribution is -2.43. The molecule has 3 rings (SSSR count). The van der Waals surface area contributed by atoms with Crippen LogP contribution in [0.3, 0.4) is 0 Å². The van der Waals surface area contributed by atoms with Gasteiger partial charge in [0, 0.05) is 17.0 Å². The normalized spacial score (nSPS) is 17.4. The highest BCUT2D eigenvalue weighted by Crippen LogP contribution is 2.34. The molecule has 1 aliphatic rings. The Morgan fingerprint density at radius 1 is 1.29 bits per heavy atom. The van der Waals surface area contributed by atoms with Gasteiger partial charge < -0.3 is 10.0 Å². The van der Waals surface area contributed by atoms with Gasteiger partial charge >= 0.3 is 5.97 Å². The molecule has 1 atom stereocenters. The van der Waals surface area contributed by atoms with Crippen molar-refractivity contribution in [3.05, 3.63) is 57.3 Å². The largest absolute Gasteiger partial charge is 0.479 e. The summed E-state index contributed by atoms with van der Waals surface area (Å²) < 4.78 is 0. The molecule has 0 fully saturated rings. The molecule has 5 heteroatoms. The van der Waals surface area contributed by atoms with Crippen molar-refractivity contribution in [3.63, 3.8) is 0 Å². The Balaban J connectivity index is 2.00. The van der Waals surface area contributed by atoms with Gasteiger partial charge in [-0.1, -0.05) is 18.2 Å². The molecule has 1 aliphatic heterocycles. The van der Waals surface area contributed by atoms with E-state index in [1.54, 1.807) is 23.5 Å². The number of hydrogen-bond donors (Lipinski definition) is 1. The fraction of sp³-hybridized carbons (Fsp3) is 0.250. The molecule has 0 radical (unpaired) electrons. The predicted molar refractivity (Wildman–Crippen MR) is 80.6 cm³/mol. The number of carbonyl (C=O) groups is 2. The van der Waals surface area contributed by atoms with E-state index in [2.05, 4.69) is 0 Å². The number of benzene rings is 1. The second kappa shape index (κ2) is 5.33. The van der Waals surface area contributed by atoms with Crippen molar-refractivity contribution in [2.75, 3.05) is 6.54 Å². The summed E-state index contributed by atoms with van der Waals surface area (Å²) in [6, 6.07) is 8.22. The Morgan fingerprint density at radius 3 is 2.76 bits per heavy atom. The smallest absolute Gasteiger partial charge is 0.331 e. The minimum atomic E-state index is -0.976. The number of nitrogens with zero attached hydrogens (tertiary/aromatic N) is 1. The van der Waals surface area contributed by atoms with Gasteiger partial charge in [-0.2, -0.15) is 0 Å². The van der Waals surface area contributed by atoms with Crippen LogP contribution in [-0.2, 0) is 11.2 Å². The van der Waals surface area contributed by atoms with Crippen molar-refractivity contribution in [3.8, 4) is 0 Å². The minimum absolute atomic E-state index is 0.211. The zero-order valence-corrected chi connectivity index (χ0v) is 12.4. The predicted octanol–water partition coefficient (Wildman–Crippen LogP) is 2.88. The summed E-state index contributed by atoms with van der Waals surface area (Å²) in [5.41, 5.74) is 2.19. The minimum Gasteiger partial charge on any atom is -0.479 e. The number of carboxylic acid groups (broad SMARTS) is 1. The van der Waals surface area contributed by atoms with Crippen molar-refractivity contribution in [2.24, 2.45) is 0 Å². The number of aryl methyl sites for hydroxylation is 1. The first kappa shape index (κ1) is 13.8. The molecule has 108 valence electrons. The zero-order chi connectivity index (χ0) is 15.0. The van der Waals surface area contributed by atoms with E-state index in [9.17, 15) is 14.7 Å². The highest BCUT2D eigenvalue weighted by molar-refractivity contribution is 7.10. The number of carboxylic acids is 1. The van der Waals surface area contributed by atoms with E-state index in [-0.39, 0.29) is 5.91 Å². The highest BCUT2D eigenvalue weighted by Gasteiger charge is 2.37. The number of carbonyl (C=O) groups excluding carboxylic acids is 1. The van der Waals surface area contributed by atoms with E-state index < -0.39 is 12.0 Å². The summed E-state index contributed by atoms with van der Waals surface area (Å²) in [5, 5.41) is 11.4. The van der Waals surface area contributed by atoms with Crippen LogP contribution >= 0.6 is 11.3 Å². The van der Waals surface area contributed by atoms with E-state index in [0.717, 1.165) is 16.0 Å². The van der Waals surface area contributed by atoms with E-state index >= 15 is 0 Å². The molecule has 0 aliphatic carbocycles. The Kier molecular flexibility index (Phi) is 3.51. The average Bonchev–Trinajstić information content (AvgIpc) is 2.94. The molecule has 21 heavy (non-hydrogen) atoms. The molecule has 1 amide bonds. The Bertz CT molecular complexity index is 707. The van der Waals surface area contributed by atoms with Gasteiger partial charge in [0.1, 0.15) is 0 Å². The molecule has 0 saturated carbocycles. The van der Waals surface area contributed by atoms with Crippen LogP contribution in [0.4, 0.5) is 0 Å².